The molecule has 0 saturated heterocycles. The lowest BCUT2D eigenvalue weighted by Gasteiger charge is -2.12. The molecule has 0 bridgehead atoms. The Morgan fingerprint density at radius 2 is 2.00 bits per heavy atom. The number of aliphatic hydroxyl groups excluding tert-OH is 1. The fraction of sp³-hybridized carbons (Fsp3) is 0.600. The molecule has 1 aromatic carbocycles. The first-order chi connectivity index (χ1) is 8.27. The van der Waals surface area contributed by atoms with Gasteiger partial charge in [-0.15, -0.1) is 0 Å². The second-order valence-corrected chi connectivity index (χ2v) is 4.41. The predicted octanol–water partition coefficient (Wildman–Crippen LogP) is 3.49. The molecule has 0 spiro atoms. The lowest BCUT2D eigenvalue weighted by Crippen LogP contribution is -2.04. The molecule has 0 aliphatic carbocycles. The molecule has 0 saturated carbocycles. The summed E-state index contributed by atoms with van der Waals surface area (Å²) in [7, 11) is 0. The van der Waals surface area contributed by atoms with Crippen LogP contribution in [-0.4, -0.2) is 18.3 Å². The van der Waals surface area contributed by atoms with Crippen LogP contribution in [0.15, 0.2) is 24.3 Å². The summed E-state index contributed by atoms with van der Waals surface area (Å²) < 4.78 is 5.39. The van der Waals surface area contributed by atoms with Gasteiger partial charge in [-0.25, -0.2) is 0 Å². The van der Waals surface area contributed by atoms with Crippen molar-refractivity contribution in [1.29, 1.82) is 0 Å². The van der Waals surface area contributed by atoms with Crippen molar-refractivity contribution in [3.8, 4) is 0 Å². The lowest BCUT2D eigenvalue weighted by atomic mass is 10.0. The van der Waals surface area contributed by atoms with Gasteiger partial charge in [-0.2, -0.15) is 0 Å². The van der Waals surface area contributed by atoms with Crippen LogP contribution in [0.2, 0.25) is 0 Å². The van der Waals surface area contributed by atoms with Crippen molar-refractivity contribution in [3.63, 3.8) is 0 Å². The summed E-state index contributed by atoms with van der Waals surface area (Å²) in [5.41, 5.74) is 2.31. The van der Waals surface area contributed by atoms with Crippen LogP contribution in [-0.2, 0) is 11.2 Å². The third kappa shape index (κ3) is 5.33. The van der Waals surface area contributed by atoms with Crippen molar-refractivity contribution in [2.24, 2.45) is 0 Å². The Labute approximate surface area is 105 Å². The molecule has 17 heavy (non-hydrogen) atoms. The van der Waals surface area contributed by atoms with Crippen molar-refractivity contribution >= 4 is 0 Å². The maximum absolute atomic E-state index is 10.0. The maximum Gasteiger partial charge on any atom is 0.0812 e. The van der Waals surface area contributed by atoms with E-state index in [1.54, 1.807) is 0 Å². The smallest absolute Gasteiger partial charge is 0.0812 e. The van der Waals surface area contributed by atoms with Gasteiger partial charge in [0.1, 0.15) is 0 Å². The van der Waals surface area contributed by atoms with Crippen LogP contribution >= 0.6 is 0 Å². The van der Waals surface area contributed by atoms with Crippen molar-refractivity contribution in [3.05, 3.63) is 35.4 Å². The molecule has 1 atom stereocenters. The van der Waals surface area contributed by atoms with Gasteiger partial charge in [0.15, 0.2) is 0 Å². The Morgan fingerprint density at radius 3 is 2.71 bits per heavy atom. The summed E-state index contributed by atoms with van der Waals surface area (Å²) in [5, 5.41) is 10.0. The van der Waals surface area contributed by atoms with E-state index in [9.17, 15) is 5.11 Å². The minimum Gasteiger partial charge on any atom is -0.388 e. The Morgan fingerprint density at radius 1 is 1.18 bits per heavy atom. The van der Waals surface area contributed by atoms with Crippen LogP contribution in [0.1, 0.15) is 50.3 Å². The number of benzene rings is 1. The number of rotatable bonds is 8. The van der Waals surface area contributed by atoms with Crippen LogP contribution < -0.4 is 0 Å². The molecular formula is C15H24O2. The molecule has 0 amide bonds. The van der Waals surface area contributed by atoms with Gasteiger partial charge in [0.2, 0.25) is 0 Å². The average molecular weight is 236 g/mol. The number of hydrogen-bond acceptors (Lipinski definition) is 2. The van der Waals surface area contributed by atoms with E-state index >= 15 is 0 Å². The van der Waals surface area contributed by atoms with Gasteiger partial charge >= 0.3 is 0 Å². The molecule has 0 radical (unpaired) electrons. The highest BCUT2D eigenvalue weighted by Crippen LogP contribution is 2.18. The van der Waals surface area contributed by atoms with Gasteiger partial charge in [0, 0.05) is 19.6 Å². The average Bonchev–Trinajstić information content (AvgIpc) is 2.35. The second kappa shape index (κ2) is 8.26. The number of aryl methyl sites for hydroxylation is 1. The number of ether oxygens (including phenoxy) is 1. The SMILES string of the molecule is CCCOCCC(O)c1cccc(CCC)c1. The van der Waals surface area contributed by atoms with Crippen LogP contribution in [0.25, 0.3) is 0 Å². The monoisotopic (exact) mass is 236 g/mol. The van der Waals surface area contributed by atoms with Gasteiger partial charge in [-0.3, -0.25) is 0 Å². The third-order valence-corrected chi connectivity index (χ3v) is 2.76. The molecule has 2 nitrogen and oxygen atoms in total. The maximum atomic E-state index is 10.0. The van der Waals surface area contributed by atoms with Gasteiger partial charge in [0.25, 0.3) is 0 Å². The summed E-state index contributed by atoms with van der Waals surface area (Å²) in [6.07, 6.45) is 3.52. The van der Waals surface area contributed by atoms with E-state index < -0.39 is 6.10 Å². The van der Waals surface area contributed by atoms with E-state index in [4.69, 9.17) is 4.74 Å². The molecular weight excluding hydrogens is 212 g/mol. The van der Waals surface area contributed by atoms with Gasteiger partial charge in [0.05, 0.1) is 6.10 Å². The van der Waals surface area contributed by atoms with Gasteiger partial charge in [-0.05, 0) is 24.0 Å². The summed E-state index contributed by atoms with van der Waals surface area (Å²) >= 11 is 0. The van der Waals surface area contributed by atoms with Crippen LogP contribution in [0.4, 0.5) is 0 Å². The minimum atomic E-state index is -0.399. The molecule has 96 valence electrons. The zero-order valence-electron chi connectivity index (χ0n) is 11.0. The number of hydrogen-bond donors (Lipinski definition) is 1. The van der Waals surface area contributed by atoms with E-state index in [1.165, 1.54) is 5.56 Å². The first-order valence-corrected chi connectivity index (χ1v) is 6.62. The lowest BCUT2D eigenvalue weighted by molar-refractivity contribution is 0.0822. The van der Waals surface area contributed by atoms with E-state index in [-0.39, 0.29) is 0 Å². The molecule has 1 N–H and O–H groups in total. The van der Waals surface area contributed by atoms with E-state index in [1.807, 2.05) is 12.1 Å². The summed E-state index contributed by atoms with van der Waals surface area (Å²) in [5.74, 6) is 0. The second-order valence-electron chi connectivity index (χ2n) is 4.41. The zero-order chi connectivity index (χ0) is 12.5. The molecule has 2 heteroatoms. The largest absolute Gasteiger partial charge is 0.388 e. The minimum absolute atomic E-state index is 0.399. The molecule has 1 rings (SSSR count). The zero-order valence-corrected chi connectivity index (χ0v) is 11.0. The molecule has 1 aromatic rings. The van der Waals surface area contributed by atoms with Crippen molar-refractivity contribution in [1.82, 2.24) is 0 Å². The molecule has 1 unspecified atom stereocenters. The van der Waals surface area contributed by atoms with Crippen LogP contribution in [0.5, 0.6) is 0 Å². The molecule has 0 aliphatic heterocycles. The van der Waals surface area contributed by atoms with Crippen molar-refractivity contribution in [2.45, 2.75) is 45.6 Å². The first-order valence-electron chi connectivity index (χ1n) is 6.62. The van der Waals surface area contributed by atoms with E-state index in [2.05, 4.69) is 26.0 Å². The van der Waals surface area contributed by atoms with Crippen LogP contribution in [0, 0.1) is 0 Å². The topological polar surface area (TPSA) is 29.5 Å². The molecule has 0 heterocycles. The van der Waals surface area contributed by atoms with Crippen LogP contribution in [0.3, 0.4) is 0 Å². The third-order valence-electron chi connectivity index (χ3n) is 2.76. The highest BCUT2D eigenvalue weighted by Gasteiger charge is 2.07. The van der Waals surface area contributed by atoms with Crippen molar-refractivity contribution in [2.75, 3.05) is 13.2 Å². The Kier molecular flexibility index (Phi) is 6.90. The fourth-order valence-corrected chi connectivity index (χ4v) is 1.85. The highest BCUT2D eigenvalue weighted by molar-refractivity contribution is 5.25. The van der Waals surface area contributed by atoms with Gasteiger partial charge in [-0.1, -0.05) is 44.5 Å². The van der Waals surface area contributed by atoms with E-state index in [0.29, 0.717) is 13.0 Å². The summed E-state index contributed by atoms with van der Waals surface area (Å²) in [6, 6.07) is 8.24. The normalized spacial score (nSPS) is 12.6. The highest BCUT2D eigenvalue weighted by atomic mass is 16.5. The first kappa shape index (κ1) is 14.2. The Bertz CT molecular complexity index is 310. The summed E-state index contributed by atoms with van der Waals surface area (Å²) in [6.45, 7) is 5.67. The van der Waals surface area contributed by atoms with Gasteiger partial charge < -0.3 is 9.84 Å². The summed E-state index contributed by atoms with van der Waals surface area (Å²) in [4.78, 5) is 0. The molecule has 0 fully saturated rings. The standard InChI is InChI=1S/C15H24O2/c1-3-6-13-7-5-8-14(12-13)15(16)9-11-17-10-4-2/h5,7-8,12,15-16H,3-4,6,9-11H2,1-2H3. The van der Waals surface area contributed by atoms with E-state index in [0.717, 1.165) is 31.4 Å². The fourth-order valence-electron chi connectivity index (χ4n) is 1.85. The number of aliphatic hydroxyl groups is 1. The Hall–Kier alpha value is -0.860. The molecule has 0 aliphatic rings. The molecule has 0 aromatic heterocycles. The quantitative estimate of drug-likeness (QED) is 0.700. The van der Waals surface area contributed by atoms with Crippen molar-refractivity contribution < 1.29 is 9.84 Å². The predicted molar refractivity (Wildman–Crippen MR) is 71.1 cm³/mol. The Balaban J connectivity index is 2.44.